The van der Waals surface area contributed by atoms with Crippen LogP contribution in [0.15, 0.2) is 18.3 Å². The lowest BCUT2D eigenvalue weighted by molar-refractivity contribution is 0.0697. The van der Waals surface area contributed by atoms with Crippen molar-refractivity contribution in [1.82, 2.24) is 4.98 Å². The maximum atomic E-state index is 10.7. The van der Waals surface area contributed by atoms with Gasteiger partial charge in [0.2, 0.25) is 0 Å². The molecule has 0 aliphatic heterocycles. The van der Waals surface area contributed by atoms with E-state index in [1.54, 1.807) is 7.11 Å². The number of carboxylic acid groups (broad SMARTS) is 1. The second-order valence-electron chi connectivity index (χ2n) is 3.36. The zero-order chi connectivity index (χ0) is 11.8. The van der Waals surface area contributed by atoms with Crippen molar-refractivity contribution in [2.24, 2.45) is 0 Å². The highest BCUT2D eigenvalue weighted by Gasteiger charge is 2.03. The van der Waals surface area contributed by atoms with Gasteiger partial charge in [-0.1, -0.05) is 0 Å². The van der Waals surface area contributed by atoms with Crippen molar-refractivity contribution in [2.75, 3.05) is 25.6 Å². The van der Waals surface area contributed by atoms with E-state index in [4.69, 9.17) is 9.84 Å². The van der Waals surface area contributed by atoms with Gasteiger partial charge >= 0.3 is 5.97 Å². The lowest BCUT2D eigenvalue weighted by Crippen LogP contribution is -2.06. The van der Waals surface area contributed by atoms with E-state index in [2.05, 4.69) is 10.3 Å². The number of nitrogens with zero attached hydrogens (tertiary/aromatic N) is 1. The molecule has 0 unspecified atom stereocenters. The summed E-state index contributed by atoms with van der Waals surface area (Å²) in [4.78, 5) is 14.7. The number of pyridine rings is 1. The predicted molar refractivity (Wildman–Crippen MR) is 60.8 cm³/mol. The summed E-state index contributed by atoms with van der Waals surface area (Å²) in [5.74, 6) is -0.345. The molecule has 2 N–H and O–H groups in total. The minimum absolute atomic E-state index is 0.245. The van der Waals surface area contributed by atoms with Crippen molar-refractivity contribution in [1.29, 1.82) is 0 Å². The Kier molecular flexibility index (Phi) is 5.28. The number of carboxylic acids is 1. The summed E-state index contributed by atoms with van der Waals surface area (Å²) in [6, 6.07) is 3.00. The molecule has 0 radical (unpaired) electrons. The monoisotopic (exact) mass is 224 g/mol. The third kappa shape index (κ3) is 4.27. The van der Waals surface area contributed by atoms with E-state index in [1.165, 1.54) is 18.3 Å². The van der Waals surface area contributed by atoms with Crippen molar-refractivity contribution in [3.8, 4) is 0 Å². The van der Waals surface area contributed by atoms with E-state index >= 15 is 0 Å². The van der Waals surface area contributed by atoms with Crippen molar-refractivity contribution in [2.45, 2.75) is 12.8 Å². The number of anilines is 1. The Labute approximate surface area is 94.5 Å². The van der Waals surface area contributed by atoms with Crippen LogP contribution >= 0.6 is 0 Å². The number of aromatic nitrogens is 1. The Bertz CT molecular complexity index is 342. The molecule has 1 aromatic rings. The zero-order valence-corrected chi connectivity index (χ0v) is 9.27. The smallest absolute Gasteiger partial charge is 0.335 e. The molecule has 0 atom stereocenters. The van der Waals surface area contributed by atoms with Gasteiger partial charge in [0, 0.05) is 26.5 Å². The summed E-state index contributed by atoms with van der Waals surface area (Å²) < 4.78 is 4.92. The molecule has 1 aromatic heterocycles. The maximum Gasteiger partial charge on any atom is 0.335 e. The maximum absolute atomic E-state index is 10.7. The molecular weight excluding hydrogens is 208 g/mol. The Balaban J connectivity index is 2.36. The third-order valence-electron chi connectivity index (χ3n) is 2.09. The van der Waals surface area contributed by atoms with Crippen LogP contribution in [0.3, 0.4) is 0 Å². The van der Waals surface area contributed by atoms with E-state index in [0.29, 0.717) is 5.82 Å². The van der Waals surface area contributed by atoms with Gasteiger partial charge in [0.1, 0.15) is 5.82 Å². The van der Waals surface area contributed by atoms with Gasteiger partial charge in [-0.05, 0) is 25.0 Å². The van der Waals surface area contributed by atoms with Crippen LogP contribution in [0.2, 0.25) is 0 Å². The summed E-state index contributed by atoms with van der Waals surface area (Å²) in [7, 11) is 1.67. The highest BCUT2D eigenvalue weighted by molar-refractivity contribution is 5.88. The van der Waals surface area contributed by atoms with Crippen LogP contribution in [-0.2, 0) is 4.74 Å². The zero-order valence-electron chi connectivity index (χ0n) is 9.27. The normalized spacial score (nSPS) is 10.1. The number of rotatable bonds is 7. The minimum atomic E-state index is -0.940. The molecule has 0 aliphatic carbocycles. The van der Waals surface area contributed by atoms with Crippen LogP contribution in [0.5, 0.6) is 0 Å². The molecule has 5 heteroatoms. The molecule has 88 valence electrons. The van der Waals surface area contributed by atoms with E-state index in [1.807, 2.05) is 0 Å². The van der Waals surface area contributed by atoms with Gasteiger partial charge in [0.05, 0.1) is 5.56 Å². The molecular formula is C11H16N2O3. The molecule has 0 bridgehead atoms. The predicted octanol–water partition coefficient (Wildman–Crippen LogP) is 1.62. The molecule has 0 spiro atoms. The topological polar surface area (TPSA) is 71.5 Å². The number of carbonyl (C=O) groups is 1. The summed E-state index contributed by atoms with van der Waals surface area (Å²) in [5, 5.41) is 11.8. The third-order valence-corrected chi connectivity index (χ3v) is 2.09. The number of unbranched alkanes of at least 4 members (excludes halogenated alkanes) is 1. The van der Waals surface area contributed by atoms with E-state index in [9.17, 15) is 4.79 Å². The van der Waals surface area contributed by atoms with Gasteiger partial charge in [0.15, 0.2) is 0 Å². The lowest BCUT2D eigenvalue weighted by Gasteiger charge is -2.05. The van der Waals surface area contributed by atoms with Gasteiger partial charge in [-0.25, -0.2) is 9.78 Å². The average molecular weight is 224 g/mol. The summed E-state index contributed by atoms with van der Waals surface area (Å²) in [6.07, 6.45) is 3.43. The van der Waals surface area contributed by atoms with Gasteiger partial charge in [-0.15, -0.1) is 0 Å². The standard InChI is InChI=1S/C11H16N2O3/c1-16-7-3-2-5-12-10-8-9(11(14)15)4-6-13-10/h4,6,8H,2-3,5,7H2,1H3,(H,12,13)(H,14,15). The van der Waals surface area contributed by atoms with Crippen LogP contribution in [0.4, 0.5) is 5.82 Å². The molecule has 5 nitrogen and oxygen atoms in total. The van der Waals surface area contributed by atoms with Crippen molar-refractivity contribution in [3.63, 3.8) is 0 Å². The fourth-order valence-corrected chi connectivity index (χ4v) is 1.25. The Morgan fingerprint density at radius 2 is 2.38 bits per heavy atom. The van der Waals surface area contributed by atoms with Gasteiger partial charge < -0.3 is 15.2 Å². The van der Waals surface area contributed by atoms with E-state index < -0.39 is 5.97 Å². The fourth-order valence-electron chi connectivity index (χ4n) is 1.25. The molecule has 1 rings (SSSR count). The molecule has 0 aromatic carbocycles. The minimum Gasteiger partial charge on any atom is -0.478 e. The van der Waals surface area contributed by atoms with Crippen LogP contribution in [0.1, 0.15) is 23.2 Å². The Morgan fingerprint density at radius 1 is 1.56 bits per heavy atom. The second-order valence-corrected chi connectivity index (χ2v) is 3.36. The van der Waals surface area contributed by atoms with Crippen LogP contribution in [0.25, 0.3) is 0 Å². The molecule has 0 fully saturated rings. The van der Waals surface area contributed by atoms with Crippen molar-refractivity contribution in [3.05, 3.63) is 23.9 Å². The molecule has 0 aliphatic rings. The molecule has 1 heterocycles. The number of ether oxygens (including phenoxy) is 1. The highest BCUT2D eigenvalue weighted by Crippen LogP contribution is 2.06. The molecule has 0 saturated carbocycles. The largest absolute Gasteiger partial charge is 0.478 e. The number of nitrogens with one attached hydrogen (secondary N) is 1. The van der Waals surface area contributed by atoms with Crippen LogP contribution in [0, 0.1) is 0 Å². The number of aromatic carboxylic acids is 1. The first-order valence-corrected chi connectivity index (χ1v) is 5.16. The highest BCUT2D eigenvalue weighted by atomic mass is 16.5. The summed E-state index contributed by atoms with van der Waals surface area (Å²) >= 11 is 0. The van der Waals surface area contributed by atoms with Crippen molar-refractivity contribution >= 4 is 11.8 Å². The lowest BCUT2D eigenvalue weighted by atomic mass is 10.2. The molecule has 0 amide bonds. The van der Waals surface area contributed by atoms with Crippen molar-refractivity contribution < 1.29 is 14.6 Å². The van der Waals surface area contributed by atoms with Crippen LogP contribution in [-0.4, -0.2) is 36.3 Å². The van der Waals surface area contributed by atoms with E-state index in [-0.39, 0.29) is 5.56 Å². The second kappa shape index (κ2) is 6.79. The quantitative estimate of drug-likeness (QED) is 0.688. The first-order chi connectivity index (χ1) is 7.74. The molecule has 0 saturated heterocycles. The van der Waals surface area contributed by atoms with Gasteiger partial charge in [-0.3, -0.25) is 0 Å². The average Bonchev–Trinajstić information content (AvgIpc) is 2.29. The van der Waals surface area contributed by atoms with Gasteiger partial charge in [0.25, 0.3) is 0 Å². The summed E-state index contributed by atoms with van der Waals surface area (Å²) in [5.41, 5.74) is 0.245. The number of methoxy groups -OCH3 is 1. The Hall–Kier alpha value is -1.62. The number of hydrogen-bond donors (Lipinski definition) is 2. The van der Waals surface area contributed by atoms with Gasteiger partial charge in [-0.2, -0.15) is 0 Å². The SMILES string of the molecule is COCCCCNc1cc(C(=O)O)ccn1. The fraction of sp³-hybridized carbons (Fsp3) is 0.455. The number of hydrogen-bond acceptors (Lipinski definition) is 4. The van der Waals surface area contributed by atoms with E-state index in [0.717, 1.165) is 26.0 Å². The first-order valence-electron chi connectivity index (χ1n) is 5.16. The Morgan fingerprint density at radius 3 is 3.06 bits per heavy atom. The first kappa shape index (κ1) is 12.4. The molecule has 16 heavy (non-hydrogen) atoms. The van der Waals surface area contributed by atoms with Crippen LogP contribution < -0.4 is 5.32 Å². The summed E-state index contributed by atoms with van der Waals surface area (Å²) in [6.45, 7) is 1.50.